The van der Waals surface area contributed by atoms with E-state index in [4.69, 9.17) is 23.2 Å². The van der Waals surface area contributed by atoms with Gasteiger partial charge in [-0.3, -0.25) is 9.10 Å². The van der Waals surface area contributed by atoms with Crippen molar-refractivity contribution in [2.24, 2.45) is 5.10 Å². The lowest BCUT2D eigenvalue weighted by Crippen LogP contribution is -2.39. The summed E-state index contributed by atoms with van der Waals surface area (Å²) in [6, 6.07) is 10.8. The van der Waals surface area contributed by atoms with E-state index < -0.39 is 22.5 Å². The van der Waals surface area contributed by atoms with E-state index in [9.17, 15) is 18.3 Å². The third-order valence-electron chi connectivity index (χ3n) is 3.51. The van der Waals surface area contributed by atoms with Gasteiger partial charge in [0.15, 0.2) is 0 Å². The summed E-state index contributed by atoms with van der Waals surface area (Å²) in [6.45, 7) is 1.05. The topological polar surface area (TPSA) is 99.1 Å². The highest BCUT2D eigenvalue weighted by atomic mass is 35.5. The van der Waals surface area contributed by atoms with Crippen LogP contribution in [0.15, 0.2) is 47.6 Å². The molecule has 0 unspecified atom stereocenters. The fourth-order valence-corrected chi connectivity index (χ4v) is 3.51. The number of nitrogens with zero attached hydrogens (tertiary/aromatic N) is 2. The van der Waals surface area contributed by atoms with Crippen LogP contribution in [-0.2, 0) is 14.8 Å². The van der Waals surface area contributed by atoms with Gasteiger partial charge >= 0.3 is 0 Å². The summed E-state index contributed by atoms with van der Waals surface area (Å²) in [5, 5.41) is 14.1. The zero-order valence-corrected chi connectivity index (χ0v) is 16.8. The van der Waals surface area contributed by atoms with Crippen LogP contribution in [-0.4, -0.2) is 37.9 Å². The Balaban J connectivity index is 2.21. The third-order valence-corrected chi connectivity index (χ3v) is 5.19. The molecule has 2 aromatic carbocycles. The number of carbonyl (C=O) groups is 1. The van der Waals surface area contributed by atoms with Gasteiger partial charge in [-0.1, -0.05) is 35.3 Å². The number of rotatable bonds is 6. The molecule has 0 atom stereocenters. The largest absolute Gasteiger partial charge is 0.507 e. The van der Waals surface area contributed by atoms with Gasteiger partial charge in [0.05, 0.1) is 22.7 Å². The van der Waals surface area contributed by atoms with Crippen molar-refractivity contribution in [2.45, 2.75) is 6.92 Å². The lowest BCUT2D eigenvalue weighted by Gasteiger charge is -2.22. The first kappa shape index (κ1) is 21.0. The van der Waals surface area contributed by atoms with Gasteiger partial charge in [-0.25, -0.2) is 13.8 Å². The van der Waals surface area contributed by atoms with Crippen LogP contribution < -0.4 is 9.73 Å². The number of hydrazone groups is 1. The first-order valence-corrected chi connectivity index (χ1v) is 10.2. The number of amides is 1. The average molecular weight is 430 g/mol. The zero-order chi connectivity index (χ0) is 20.2. The second-order valence-electron chi connectivity index (χ2n) is 5.61. The fourth-order valence-electron chi connectivity index (χ4n) is 2.21. The number of nitrogens with one attached hydrogen (secondary N) is 1. The van der Waals surface area contributed by atoms with E-state index in [1.807, 2.05) is 0 Å². The number of phenolic OH excluding ortho intramolecular Hbond substituents is 1. The van der Waals surface area contributed by atoms with Gasteiger partial charge in [0, 0.05) is 10.6 Å². The molecule has 0 aromatic heterocycles. The SMILES string of the molecule is C/C(=N/NC(=O)CN(c1cc(Cl)ccc1Cl)S(C)(=O)=O)c1ccccc1O. The minimum absolute atomic E-state index is 0.0106. The van der Waals surface area contributed by atoms with Crippen molar-refractivity contribution in [1.82, 2.24) is 5.43 Å². The minimum atomic E-state index is -3.81. The standard InChI is InChI=1S/C17H17Cl2N3O4S/c1-11(13-5-3-4-6-16(13)23)20-21-17(24)10-22(27(2,25)26)15-9-12(18)7-8-14(15)19/h3-9,23H,10H2,1-2H3,(H,21,24)/b20-11-. The Morgan fingerprint density at radius 2 is 1.89 bits per heavy atom. The molecule has 1 amide bonds. The third kappa shape index (κ3) is 5.59. The summed E-state index contributed by atoms with van der Waals surface area (Å²) in [5.41, 5.74) is 3.15. The molecule has 2 rings (SSSR count). The maximum Gasteiger partial charge on any atom is 0.260 e. The smallest absolute Gasteiger partial charge is 0.260 e. The summed E-state index contributed by atoms with van der Waals surface area (Å²) in [6.07, 6.45) is 0.952. The highest BCUT2D eigenvalue weighted by Crippen LogP contribution is 2.30. The van der Waals surface area contributed by atoms with E-state index in [-0.39, 0.29) is 21.5 Å². The summed E-state index contributed by atoms with van der Waals surface area (Å²) >= 11 is 12.0. The van der Waals surface area contributed by atoms with Gasteiger partial charge < -0.3 is 5.11 Å². The molecular weight excluding hydrogens is 413 g/mol. The van der Waals surface area contributed by atoms with E-state index in [1.54, 1.807) is 25.1 Å². The Morgan fingerprint density at radius 1 is 1.22 bits per heavy atom. The number of para-hydroxylation sites is 1. The van der Waals surface area contributed by atoms with Crippen LogP contribution in [0.1, 0.15) is 12.5 Å². The summed E-state index contributed by atoms with van der Waals surface area (Å²) in [4.78, 5) is 12.2. The molecule has 144 valence electrons. The maximum absolute atomic E-state index is 12.2. The maximum atomic E-state index is 12.2. The molecule has 2 aromatic rings. The van der Waals surface area contributed by atoms with E-state index in [2.05, 4.69) is 10.5 Å². The monoisotopic (exact) mass is 429 g/mol. The van der Waals surface area contributed by atoms with Crippen LogP contribution in [0, 0.1) is 0 Å². The van der Waals surface area contributed by atoms with Gasteiger partial charge in [0.25, 0.3) is 5.91 Å². The van der Waals surface area contributed by atoms with Gasteiger partial charge in [-0.2, -0.15) is 5.10 Å². The number of halogens is 2. The van der Waals surface area contributed by atoms with Crippen LogP contribution in [0.5, 0.6) is 5.75 Å². The second-order valence-corrected chi connectivity index (χ2v) is 8.37. The van der Waals surface area contributed by atoms with Crippen molar-refractivity contribution in [3.05, 3.63) is 58.1 Å². The number of carbonyl (C=O) groups excluding carboxylic acids is 1. The molecule has 27 heavy (non-hydrogen) atoms. The number of aromatic hydroxyl groups is 1. The van der Waals surface area contributed by atoms with Crippen molar-refractivity contribution < 1.29 is 18.3 Å². The van der Waals surface area contributed by atoms with Crippen LogP contribution in [0.3, 0.4) is 0 Å². The normalized spacial score (nSPS) is 11.9. The highest BCUT2D eigenvalue weighted by molar-refractivity contribution is 7.92. The van der Waals surface area contributed by atoms with Crippen molar-refractivity contribution in [3.63, 3.8) is 0 Å². The van der Waals surface area contributed by atoms with Gasteiger partial charge in [-0.15, -0.1) is 0 Å². The van der Waals surface area contributed by atoms with Gasteiger partial charge in [-0.05, 0) is 37.3 Å². The predicted octanol–water partition coefficient (Wildman–Crippen LogP) is 3.01. The summed E-state index contributed by atoms with van der Waals surface area (Å²) < 4.78 is 25.1. The van der Waals surface area contributed by atoms with E-state index in [0.29, 0.717) is 11.3 Å². The zero-order valence-electron chi connectivity index (χ0n) is 14.5. The quantitative estimate of drug-likeness (QED) is 0.544. The number of phenols is 1. The Hall–Kier alpha value is -2.29. The molecule has 0 saturated heterocycles. The Morgan fingerprint density at radius 3 is 2.52 bits per heavy atom. The molecule has 0 saturated carbocycles. The first-order valence-electron chi connectivity index (χ1n) is 7.64. The predicted molar refractivity (Wildman–Crippen MR) is 107 cm³/mol. The van der Waals surface area contributed by atoms with Crippen molar-refractivity contribution in [1.29, 1.82) is 0 Å². The number of sulfonamides is 1. The molecule has 0 aliphatic heterocycles. The first-order chi connectivity index (χ1) is 12.6. The van der Waals surface area contributed by atoms with E-state index in [1.165, 1.54) is 24.3 Å². The molecule has 0 fully saturated rings. The molecule has 7 nitrogen and oxygen atoms in total. The molecule has 0 heterocycles. The fraction of sp³-hybridized carbons (Fsp3) is 0.176. The van der Waals surface area contributed by atoms with Crippen molar-refractivity contribution in [3.8, 4) is 5.75 Å². The molecule has 0 bridgehead atoms. The highest BCUT2D eigenvalue weighted by Gasteiger charge is 2.23. The van der Waals surface area contributed by atoms with E-state index >= 15 is 0 Å². The molecule has 0 aliphatic rings. The molecule has 0 spiro atoms. The average Bonchev–Trinajstić information content (AvgIpc) is 2.59. The second kappa shape index (κ2) is 8.60. The van der Waals surface area contributed by atoms with Crippen molar-refractivity contribution in [2.75, 3.05) is 17.1 Å². The minimum Gasteiger partial charge on any atom is -0.507 e. The number of hydrogen-bond donors (Lipinski definition) is 2. The lowest BCUT2D eigenvalue weighted by atomic mass is 10.1. The molecule has 0 radical (unpaired) electrons. The number of benzene rings is 2. The molecule has 2 N–H and O–H groups in total. The molecular formula is C17H17Cl2N3O4S. The van der Waals surface area contributed by atoms with Gasteiger partial charge in [0.1, 0.15) is 12.3 Å². The molecule has 0 aliphatic carbocycles. The van der Waals surface area contributed by atoms with Crippen molar-refractivity contribution >= 4 is 50.5 Å². The Labute approximate surface area is 167 Å². The Kier molecular flexibility index (Phi) is 6.69. The van der Waals surface area contributed by atoms with Gasteiger partial charge in [0.2, 0.25) is 10.0 Å². The molecule has 10 heteroatoms. The number of anilines is 1. The Bertz CT molecular complexity index is 993. The van der Waals surface area contributed by atoms with E-state index in [0.717, 1.165) is 10.6 Å². The summed E-state index contributed by atoms with van der Waals surface area (Å²) in [5.74, 6) is -0.678. The summed E-state index contributed by atoms with van der Waals surface area (Å²) in [7, 11) is -3.81. The number of hydrogen-bond acceptors (Lipinski definition) is 5. The lowest BCUT2D eigenvalue weighted by molar-refractivity contribution is -0.119. The van der Waals surface area contributed by atoms with Crippen LogP contribution in [0.2, 0.25) is 10.0 Å². The van der Waals surface area contributed by atoms with Crippen LogP contribution in [0.25, 0.3) is 0 Å². The van der Waals surface area contributed by atoms with Crippen LogP contribution in [0.4, 0.5) is 5.69 Å². The van der Waals surface area contributed by atoms with Crippen LogP contribution >= 0.6 is 23.2 Å².